The Morgan fingerprint density at radius 2 is 1.63 bits per heavy atom. The number of para-hydroxylation sites is 2. The zero-order valence-electron chi connectivity index (χ0n) is 21.5. The van der Waals surface area contributed by atoms with Crippen molar-refractivity contribution in [1.29, 1.82) is 0 Å². The van der Waals surface area contributed by atoms with Crippen LogP contribution in [0.1, 0.15) is 37.7 Å². The summed E-state index contributed by atoms with van der Waals surface area (Å²) in [5.41, 5.74) is 2.52. The lowest BCUT2D eigenvalue weighted by Crippen LogP contribution is -2.51. The van der Waals surface area contributed by atoms with E-state index in [1.807, 2.05) is 66.7 Å². The highest BCUT2D eigenvalue weighted by Gasteiger charge is 2.70. The summed E-state index contributed by atoms with van der Waals surface area (Å²) < 4.78 is 1.64. The normalized spacial score (nSPS) is 25.5. The minimum absolute atomic E-state index is 0.0643. The van der Waals surface area contributed by atoms with Crippen molar-refractivity contribution < 1.29 is 9.59 Å². The van der Waals surface area contributed by atoms with Gasteiger partial charge in [0.1, 0.15) is 11.4 Å². The van der Waals surface area contributed by atoms with E-state index < -0.39 is 17.4 Å². The predicted octanol–water partition coefficient (Wildman–Crippen LogP) is 3.94. The van der Waals surface area contributed by atoms with Gasteiger partial charge in [-0.05, 0) is 48.2 Å². The van der Waals surface area contributed by atoms with Crippen molar-refractivity contribution in [1.82, 2.24) is 14.9 Å². The molecule has 1 N–H and O–H groups in total. The molecule has 38 heavy (non-hydrogen) atoms. The van der Waals surface area contributed by atoms with Gasteiger partial charge >= 0.3 is 0 Å². The molecule has 0 saturated carbocycles. The minimum atomic E-state index is -1.11. The van der Waals surface area contributed by atoms with Crippen molar-refractivity contribution in [3.63, 3.8) is 0 Å². The first-order chi connectivity index (χ1) is 18.4. The highest BCUT2D eigenvalue weighted by molar-refractivity contribution is 6.23. The van der Waals surface area contributed by atoms with E-state index in [-0.39, 0.29) is 29.3 Å². The molecule has 1 aromatic heterocycles. The van der Waals surface area contributed by atoms with Crippen molar-refractivity contribution in [2.45, 2.75) is 38.8 Å². The Morgan fingerprint density at radius 1 is 0.921 bits per heavy atom. The number of imide groups is 1. The summed E-state index contributed by atoms with van der Waals surface area (Å²) in [5.74, 6) is -1.25. The summed E-state index contributed by atoms with van der Waals surface area (Å²) in [6.07, 6.45) is 0.873. The van der Waals surface area contributed by atoms with Crippen LogP contribution in [0.15, 0.2) is 77.6 Å². The lowest BCUT2D eigenvalue weighted by molar-refractivity contribution is -0.123. The first-order valence-electron chi connectivity index (χ1n) is 13.2. The molecule has 0 bridgehead atoms. The van der Waals surface area contributed by atoms with E-state index in [9.17, 15) is 14.4 Å². The molecule has 4 aromatic rings. The Morgan fingerprint density at radius 3 is 2.37 bits per heavy atom. The first-order valence-corrected chi connectivity index (χ1v) is 13.2. The van der Waals surface area contributed by atoms with Gasteiger partial charge in [-0.15, -0.1) is 0 Å². The Balaban J connectivity index is 1.51. The molecular weight excluding hydrogens is 476 g/mol. The van der Waals surface area contributed by atoms with Gasteiger partial charge in [0, 0.05) is 11.6 Å². The van der Waals surface area contributed by atoms with Crippen LogP contribution in [0.25, 0.3) is 16.6 Å². The molecule has 3 aliphatic heterocycles. The monoisotopic (exact) mass is 504 g/mol. The minimum Gasteiger partial charge on any atom is -0.296 e. The maximum atomic E-state index is 14.4. The summed E-state index contributed by atoms with van der Waals surface area (Å²) in [5, 5.41) is 4.25. The van der Waals surface area contributed by atoms with Gasteiger partial charge in [0.25, 0.3) is 5.56 Å². The fourth-order valence-electron chi connectivity index (χ4n) is 6.86. The Bertz CT molecular complexity index is 1710. The molecule has 4 atom stereocenters. The number of nitrogens with one attached hydrogen (secondary N) is 1. The third-order valence-electron chi connectivity index (χ3n) is 8.62. The van der Waals surface area contributed by atoms with Crippen LogP contribution in [0.3, 0.4) is 0 Å². The lowest BCUT2D eigenvalue weighted by Gasteiger charge is -2.32. The smallest absolute Gasteiger partial charge is 0.266 e. The number of anilines is 1. The van der Waals surface area contributed by atoms with Gasteiger partial charge in [0.15, 0.2) is 0 Å². The number of hydrogen-bond acceptors (Lipinski definition) is 5. The second-order valence-electron chi connectivity index (χ2n) is 10.9. The predicted molar refractivity (Wildman–Crippen MR) is 145 cm³/mol. The number of fused-ring (bicyclic) bond motifs is 8. The molecule has 0 unspecified atom stereocenters. The van der Waals surface area contributed by atoms with Crippen LogP contribution >= 0.6 is 0 Å². The lowest BCUT2D eigenvalue weighted by atomic mass is 9.75. The van der Waals surface area contributed by atoms with Gasteiger partial charge in [-0.25, -0.2) is 9.88 Å². The fraction of sp³-hybridized carbons (Fsp3) is 0.290. The van der Waals surface area contributed by atoms with E-state index >= 15 is 0 Å². The fourth-order valence-corrected chi connectivity index (χ4v) is 6.86. The SMILES string of the molecule is CCc1ccc(N2C(=O)[C@H]3[C@H](C(C)C)N[C@@]4(c5ccccc5-n5c4nc4ccccc4c5=O)[C@H]3C2=O)cc1. The molecule has 7 heteroatoms. The summed E-state index contributed by atoms with van der Waals surface area (Å²) in [4.78, 5) is 48.7. The topological polar surface area (TPSA) is 84.3 Å². The molecule has 7 nitrogen and oxygen atoms in total. The van der Waals surface area contributed by atoms with Crippen LogP contribution in [-0.4, -0.2) is 27.4 Å². The van der Waals surface area contributed by atoms with E-state index in [0.717, 1.165) is 17.5 Å². The largest absolute Gasteiger partial charge is 0.296 e. The van der Waals surface area contributed by atoms with Crippen LogP contribution in [0.2, 0.25) is 0 Å². The number of rotatable bonds is 3. The maximum absolute atomic E-state index is 14.4. The summed E-state index contributed by atoms with van der Waals surface area (Å²) in [7, 11) is 0. The van der Waals surface area contributed by atoms with E-state index in [1.54, 1.807) is 10.6 Å². The molecule has 190 valence electrons. The quantitative estimate of drug-likeness (QED) is 0.428. The van der Waals surface area contributed by atoms with E-state index in [0.29, 0.717) is 28.1 Å². The Labute approximate surface area is 220 Å². The van der Waals surface area contributed by atoms with Gasteiger partial charge in [-0.1, -0.05) is 63.2 Å². The van der Waals surface area contributed by atoms with Crippen LogP contribution in [0.5, 0.6) is 0 Å². The number of nitrogens with zero attached hydrogens (tertiary/aromatic N) is 3. The molecule has 3 aliphatic rings. The second-order valence-corrected chi connectivity index (χ2v) is 10.9. The van der Waals surface area contributed by atoms with Crippen LogP contribution in [0, 0.1) is 17.8 Å². The number of aromatic nitrogens is 2. The average Bonchev–Trinajstić information content (AvgIpc) is 3.53. The molecule has 1 spiro atoms. The number of aryl methyl sites for hydroxylation is 1. The van der Waals surface area contributed by atoms with Gasteiger partial charge in [-0.3, -0.25) is 24.3 Å². The third-order valence-corrected chi connectivity index (χ3v) is 8.62. The van der Waals surface area contributed by atoms with Crippen LogP contribution in [0.4, 0.5) is 5.69 Å². The molecule has 7 rings (SSSR count). The first kappa shape index (κ1) is 23.0. The summed E-state index contributed by atoms with van der Waals surface area (Å²) in [6, 6.07) is 22.3. The van der Waals surface area contributed by atoms with Crippen molar-refractivity contribution >= 4 is 28.4 Å². The number of benzene rings is 3. The highest BCUT2D eigenvalue weighted by atomic mass is 16.2. The van der Waals surface area contributed by atoms with Crippen molar-refractivity contribution in [3.8, 4) is 5.69 Å². The van der Waals surface area contributed by atoms with Gasteiger partial charge in [0.2, 0.25) is 11.8 Å². The van der Waals surface area contributed by atoms with E-state index in [2.05, 4.69) is 26.1 Å². The van der Waals surface area contributed by atoms with Gasteiger partial charge in [-0.2, -0.15) is 0 Å². The molecule has 2 fully saturated rings. The van der Waals surface area contributed by atoms with Crippen LogP contribution in [-0.2, 0) is 21.5 Å². The maximum Gasteiger partial charge on any atom is 0.266 e. The number of carbonyl (C=O) groups is 2. The summed E-state index contributed by atoms with van der Waals surface area (Å²) in [6.45, 7) is 6.19. The number of hydrogen-bond donors (Lipinski definition) is 1. The van der Waals surface area contributed by atoms with E-state index in [4.69, 9.17) is 4.98 Å². The molecule has 0 aliphatic carbocycles. The second kappa shape index (κ2) is 7.95. The Kier molecular flexibility index (Phi) is 4.82. The van der Waals surface area contributed by atoms with E-state index in [1.165, 1.54) is 4.90 Å². The zero-order valence-corrected chi connectivity index (χ0v) is 21.5. The molecule has 2 saturated heterocycles. The highest BCUT2D eigenvalue weighted by Crippen LogP contribution is 2.56. The average molecular weight is 505 g/mol. The van der Waals surface area contributed by atoms with Crippen molar-refractivity contribution in [3.05, 3.63) is 100 Å². The zero-order chi connectivity index (χ0) is 26.3. The van der Waals surface area contributed by atoms with Gasteiger partial charge in [0.05, 0.1) is 34.1 Å². The van der Waals surface area contributed by atoms with Gasteiger partial charge < -0.3 is 0 Å². The molecule has 4 heterocycles. The molecule has 0 radical (unpaired) electrons. The van der Waals surface area contributed by atoms with Crippen molar-refractivity contribution in [2.75, 3.05) is 4.90 Å². The molecular formula is C31H28N4O3. The third kappa shape index (κ3) is 2.77. The number of carbonyl (C=O) groups excluding carboxylic acids is 2. The molecule has 2 amide bonds. The van der Waals surface area contributed by atoms with Crippen LogP contribution < -0.4 is 15.8 Å². The van der Waals surface area contributed by atoms with Crippen molar-refractivity contribution in [2.24, 2.45) is 17.8 Å². The summed E-state index contributed by atoms with van der Waals surface area (Å²) >= 11 is 0. The Hall–Kier alpha value is -4.10. The standard InChI is InChI=1S/C31H28N4O3/c1-4-18-13-15-19(16-14-18)34-28(37)24-25(29(34)38)31(33-26(24)17(2)3)21-10-6-8-12-23(21)35-27(36)20-9-5-7-11-22(20)32-30(31)35/h5-17,24-26,33H,4H2,1-3H3/t24-,25-,26+,31+/m1/s1. The molecule has 3 aromatic carbocycles. The number of amides is 2.